The van der Waals surface area contributed by atoms with Crippen LogP contribution in [0.1, 0.15) is 31.4 Å². The minimum atomic E-state index is -0.513. The molecule has 0 spiro atoms. The van der Waals surface area contributed by atoms with E-state index in [9.17, 15) is 9.90 Å². The highest BCUT2D eigenvalue weighted by atomic mass is 16.5. The van der Waals surface area contributed by atoms with Gasteiger partial charge in [0.15, 0.2) is 0 Å². The van der Waals surface area contributed by atoms with Crippen molar-refractivity contribution < 1.29 is 14.6 Å². The van der Waals surface area contributed by atoms with E-state index in [2.05, 4.69) is 5.32 Å². The number of amides is 1. The van der Waals surface area contributed by atoms with Gasteiger partial charge in [-0.25, -0.2) is 0 Å². The molecule has 1 aliphatic rings. The fourth-order valence-corrected chi connectivity index (χ4v) is 2.57. The molecule has 21 heavy (non-hydrogen) atoms. The van der Waals surface area contributed by atoms with Crippen molar-refractivity contribution in [2.24, 2.45) is 0 Å². The summed E-state index contributed by atoms with van der Waals surface area (Å²) in [5, 5.41) is 12.9. The van der Waals surface area contributed by atoms with Gasteiger partial charge in [0.1, 0.15) is 0 Å². The lowest BCUT2D eigenvalue weighted by Crippen LogP contribution is -2.32. The number of nitrogens with one attached hydrogen (secondary N) is 1. The zero-order valence-electron chi connectivity index (χ0n) is 12.7. The first-order valence-electron chi connectivity index (χ1n) is 7.42. The molecular formula is C16H24N2O3. The quantitative estimate of drug-likeness (QED) is 0.799. The molecule has 2 rings (SSSR count). The molecule has 1 aromatic rings. The first kappa shape index (κ1) is 15.9. The van der Waals surface area contributed by atoms with E-state index in [0.29, 0.717) is 19.6 Å². The van der Waals surface area contributed by atoms with Crippen molar-refractivity contribution in [3.05, 3.63) is 29.8 Å². The molecule has 2 atom stereocenters. The third-order valence-corrected chi connectivity index (χ3v) is 3.77. The lowest BCUT2D eigenvalue weighted by molar-refractivity contribution is -0.117. The Labute approximate surface area is 125 Å². The van der Waals surface area contributed by atoms with Crippen molar-refractivity contribution in [1.82, 2.24) is 5.32 Å². The fraction of sp³-hybridized carbons (Fsp3) is 0.562. The average molecular weight is 292 g/mol. The Balaban J connectivity index is 1.98. The number of anilines is 1. The maximum absolute atomic E-state index is 11.8. The number of rotatable bonds is 7. The Morgan fingerprint density at radius 3 is 2.95 bits per heavy atom. The normalized spacial score (nSPS) is 18.0. The highest BCUT2D eigenvalue weighted by Crippen LogP contribution is 2.24. The molecule has 1 aromatic carbocycles. The second-order valence-electron chi connectivity index (χ2n) is 5.48. The van der Waals surface area contributed by atoms with Gasteiger partial charge < -0.3 is 20.1 Å². The lowest BCUT2D eigenvalue weighted by atomic mass is 10.1. The Hall–Kier alpha value is -1.43. The summed E-state index contributed by atoms with van der Waals surface area (Å²) in [5.74, 6) is 0.197. The van der Waals surface area contributed by atoms with Crippen molar-refractivity contribution in [2.45, 2.75) is 31.9 Å². The van der Waals surface area contributed by atoms with Crippen molar-refractivity contribution in [3.63, 3.8) is 0 Å². The summed E-state index contributed by atoms with van der Waals surface area (Å²) in [6, 6.07) is 8.13. The predicted molar refractivity (Wildman–Crippen MR) is 82.3 cm³/mol. The van der Waals surface area contributed by atoms with E-state index in [1.54, 1.807) is 7.11 Å². The Morgan fingerprint density at radius 2 is 2.29 bits per heavy atom. The van der Waals surface area contributed by atoms with Crippen molar-refractivity contribution in [2.75, 3.05) is 31.7 Å². The second-order valence-corrected chi connectivity index (χ2v) is 5.48. The average Bonchev–Trinajstić information content (AvgIpc) is 2.91. The zero-order chi connectivity index (χ0) is 15.2. The monoisotopic (exact) mass is 292 g/mol. The number of aliphatic hydroxyl groups is 1. The molecule has 1 heterocycles. The number of nitrogens with zero attached hydrogens (tertiary/aromatic N) is 1. The molecule has 1 amide bonds. The molecule has 116 valence electrons. The molecule has 0 radical (unpaired) electrons. The molecule has 1 aliphatic heterocycles. The van der Waals surface area contributed by atoms with E-state index in [1.165, 1.54) is 0 Å². The van der Waals surface area contributed by atoms with Crippen LogP contribution in [0.5, 0.6) is 0 Å². The Bertz CT molecular complexity index is 478. The number of aliphatic hydroxyl groups excluding tert-OH is 1. The number of carbonyl (C=O) groups is 1. The molecule has 2 N–H and O–H groups in total. The molecule has 1 fully saturated rings. The molecule has 0 saturated carbocycles. The van der Waals surface area contributed by atoms with Crippen LogP contribution in [0.2, 0.25) is 0 Å². The van der Waals surface area contributed by atoms with E-state index in [0.717, 1.165) is 24.2 Å². The molecule has 0 bridgehead atoms. The molecule has 1 saturated heterocycles. The molecule has 0 aliphatic carbocycles. The maximum atomic E-state index is 11.8. The summed E-state index contributed by atoms with van der Waals surface area (Å²) in [5.41, 5.74) is 2.07. The zero-order valence-corrected chi connectivity index (χ0v) is 12.7. The fourth-order valence-electron chi connectivity index (χ4n) is 2.57. The Morgan fingerprint density at radius 1 is 1.48 bits per heavy atom. The van der Waals surface area contributed by atoms with Gasteiger partial charge in [-0.15, -0.1) is 0 Å². The third kappa shape index (κ3) is 4.27. The lowest BCUT2D eigenvalue weighted by Gasteiger charge is -2.20. The number of methoxy groups -OCH3 is 1. The van der Waals surface area contributed by atoms with Gasteiger partial charge in [0.2, 0.25) is 5.91 Å². The van der Waals surface area contributed by atoms with E-state index in [4.69, 9.17) is 4.74 Å². The van der Waals surface area contributed by atoms with Crippen LogP contribution in [0.3, 0.4) is 0 Å². The number of hydrogen-bond acceptors (Lipinski definition) is 4. The van der Waals surface area contributed by atoms with Gasteiger partial charge in [-0.2, -0.15) is 0 Å². The largest absolute Gasteiger partial charge is 0.389 e. The van der Waals surface area contributed by atoms with Gasteiger partial charge >= 0.3 is 0 Å². The van der Waals surface area contributed by atoms with Crippen LogP contribution in [-0.2, 0) is 9.53 Å². The number of hydrogen-bond donors (Lipinski definition) is 2. The molecular weight excluding hydrogens is 268 g/mol. The van der Waals surface area contributed by atoms with Crippen LogP contribution < -0.4 is 10.2 Å². The highest BCUT2D eigenvalue weighted by Gasteiger charge is 2.22. The molecule has 2 unspecified atom stereocenters. The molecule has 5 nitrogen and oxygen atoms in total. The first-order chi connectivity index (χ1) is 10.1. The summed E-state index contributed by atoms with van der Waals surface area (Å²) >= 11 is 0. The minimum absolute atomic E-state index is 0.106. The van der Waals surface area contributed by atoms with E-state index < -0.39 is 6.10 Å². The van der Waals surface area contributed by atoms with Crippen LogP contribution in [0.25, 0.3) is 0 Å². The summed E-state index contributed by atoms with van der Waals surface area (Å²) in [6.07, 6.45) is 1.06. The van der Waals surface area contributed by atoms with Gasteiger partial charge in [0.05, 0.1) is 12.7 Å². The Kier molecular flexibility index (Phi) is 5.73. The van der Waals surface area contributed by atoms with Crippen molar-refractivity contribution in [1.29, 1.82) is 0 Å². The van der Waals surface area contributed by atoms with Crippen LogP contribution >= 0.6 is 0 Å². The highest BCUT2D eigenvalue weighted by molar-refractivity contribution is 5.95. The topological polar surface area (TPSA) is 61.8 Å². The SMILES string of the molecule is COCC(O)CNC(C)c1cccc(N2CCCC2=O)c1. The summed E-state index contributed by atoms with van der Waals surface area (Å²) < 4.78 is 4.91. The van der Waals surface area contributed by atoms with Crippen molar-refractivity contribution >= 4 is 11.6 Å². The molecule has 0 aromatic heterocycles. The summed E-state index contributed by atoms with van der Waals surface area (Å²) in [7, 11) is 1.57. The standard InChI is InChI=1S/C16H24N2O3/c1-12(17-10-15(19)11-21-2)13-5-3-6-14(9-13)18-8-4-7-16(18)20/h3,5-6,9,12,15,17,19H,4,7-8,10-11H2,1-2H3. The van der Waals surface area contributed by atoms with Gasteiger partial charge in [0, 0.05) is 38.3 Å². The van der Waals surface area contributed by atoms with Crippen LogP contribution in [0.4, 0.5) is 5.69 Å². The van der Waals surface area contributed by atoms with Crippen LogP contribution in [-0.4, -0.2) is 43.9 Å². The third-order valence-electron chi connectivity index (χ3n) is 3.77. The van der Waals surface area contributed by atoms with Gasteiger partial charge in [-0.3, -0.25) is 4.79 Å². The van der Waals surface area contributed by atoms with Crippen molar-refractivity contribution in [3.8, 4) is 0 Å². The second kappa shape index (κ2) is 7.54. The van der Waals surface area contributed by atoms with Crippen LogP contribution in [0, 0.1) is 0 Å². The van der Waals surface area contributed by atoms with E-state index in [1.807, 2.05) is 36.1 Å². The maximum Gasteiger partial charge on any atom is 0.227 e. The van der Waals surface area contributed by atoms with E-state index in [-0.39, 0.29) is 11.9 Å². The number of ether oxygens (including phenoxy) is 1. The number of carbonyl (C=O) groups excluding carboxylic acids is 1. The smallest absolute Gasteiger partial charge is 0.227 e. The number of benzene rings is 1. The van der Waals surface area contributed by atoms with Gasteiger partial charge in [0.25, 0.3) is 0 Å². The van der Waals surface area contributed by atoms with Crippen LogP contribution in [0.15, 0.2) is 24.3 Å². The summed E-state index contributed by atoms with van der Waals surface area (Å²) in [6.45, 7) is 3.64. The van der Waals surface area contributed by atoms with E-state index >= 15 is 0 Å². The molecule has 5 heteroatoms. The van der Waals surface area contributed by atoms with Gasteiger partial charge in [-0.1, -0.05) is 12.1 Å². The first-order valence-corrected chi connectivity index (χ1v) is 7.42. The van der Waals surface area contributed by atoms with Gasteiger partial charge in [-0.05, 0) is 31.0 Å². The summed E-state index contributed by atoms with van der Waals surface area (Å²) in [4.78, 5) is 13.6. The predicted octanol–water partition coefficient (Wildman–Crippen LogP) is 1.47. The minimum Gasteiger partial charge on any atom is -0.389 e.